The van der Waals surface area contributed by atoms with Gasteiger partial charge in [-0.3, -0.25) is 4.79 Å². The molecule has 176 valence electrons. The van der Waals surface area contributed by atoms with Crippen LogP contribution in [-0.4, -0.2) is 32.0 Å². The second kappa shape index (κ2) is 10.3. The summed E-state index contributed by atoms with van der Waals surface area (Å²) in [4.78, 5) is 16.5. The van der Waals surface area contributed by atoms with Gasteiger partial charge in [0, 0.05) is 32.5 Å². The highest BCUT2D eigenvalue weighted by molar-refractivity contribution is 9.10. The molecule has 4 rings (SSSR count). The SMILES string of the molecule is CCOC(=O)[C@@H](NS(=O)(=O)c1ccccc1)[C@H](c1ccc(Cl)cc1)c1c[nH]c2ccc(Br)cc12. The molecular weight excluding hydrogens is 540 g/mol. The van der Waals surface area contributed by atoms with Crippen LogP contribution >= 0.6 is 27.5 Å². The van der Waals surface area contributed by atoms with Crippen LogP contribution in [0.15, 0.2) is 88.4 Å². The van der Waals surface area contributed by atoms with Gasteiger partial charge in [-0.05, 0) is 60.5 Å². The number of aromatic amines is 1. The third-order valence-electron chi connectivity index (χ3n) is 5.45. The van der Waals surface area contributed by atoms with E-state index in [0.29, 0.717) is 10.6 Å². The standard InChI is InChI=1S/C25H22BrClN2O4S/c1-2-33-25(30)24(29-34(31,32)19-6-4-3-5-7-19)23(16-8-11-18(27)12-9-16)21-15-28-22-13-10-17(26)14-20(21)22/h3-15,23-24,28-29H,2H2,1H3/t23-,24+/m1/s1. The monoisotopic (exact) mass is 560 g/mol. The number of carbonyl (C=O) groups excluding carboxylic acids is 1. The van der Waals surface area contributed by atoms with Gasteiger partial charge in [0.2, 0.25) is 10.0 Å². The maximum absolute atomic E-state index is 13.3. The van der Waals surface area contributed by atoms with Gasteiger partial charge >= 0.3 is 5.97 Å². The van der Waals surface area contributed by atoms with Gasteiger partial charge in [-0.25, -0.2) is 8.42 Å². The van der Waals surface area contributed by atoms with E-state index in [2.05, 4.69) is 25.6 Å². The van der Waals surface area contributed by atoms with Crippen molar-refractivity contribution in [1.29, 1.82) is 0 Å². The Morgan fingerprint density at radius 1 is 1.09 bits per heavy atom. The number of esters is 1. The molecule has 9 heteroatoms. The van der Waals surface area contributed by atoms with Crippen molar-refractivity contribution in [3.63, 3.8) is 0 Å². The molecule has 0 aliphatic rings. The molecule has 1 heterocycles. The Kier molecular flexibility index (Phi) is 7.42. The van der Waals surface area contributed by atoms with Crippen molar-refractivity contribution >= 4 is 54.4 Å². The third kappa shape index (κ3) is 5.20. The minimum atomic E-state index is -4.03. The summed E-state index contributed by atoms with van der Waals surface area (Å²) >= 11 is 9.62. The van der Waals surface area contributed by atoms with Crippen molar-refractivity contribution in [2.24, 2.45) is 0 Å². The van der Waals surface area contributed by atoms with Crippen LogP contribution in [0.1, 0.15) is 24.0 Å². The molecule has 0 unspecified atom stereocenters. The number of sulfonamides is 1. The number of benzene rings is 3. The van der Waals surface area contributed by atoms with Crippen LogP contribution in [0, 0.1) is 0 Å². The zero-order valence-electron chi connectivity index (χ0n) is 18.2. The largest absolute Gasteiger partial charge is 0.465 e. The smallest absolute Gasteiger partial charge is 0.325 e. The van der Waals surface area contributed by atoms with Crippen LogP contribution in [0.5, 0.6) is 0 Å². The Hall–Kier alpha value is -2.65. The quantitative estimate of drug-likeness (QED) is 0.273. The molecule has 2 atom stereocenters. The lowest BCUT2D eigenvalue weighted by Gasteiger charge is -2.27. The molecule has 3 aromatic carbocycles. The van der Waals surface area contributed by atoms with Gasteiger partial charge in [0.25, 0.3) is 0 Å². The lowest BCUT2D eigenvalue weighted by molar-refractivity contribution is -0.145. The summed E-state index contributed by atoms with van der Waals surface area (Å²) in [5.41, 5.74) is 2.30. The molecule has 1 aromatic heterocycles. The molecule has 0 fully saturated rings. The summed E-state index contributed by atoms with van der Waals surface area (Å²) in [7, 11) is -4.03. The van der Waals surface area contributed by atoms with Crippen LogP contribution in [0.3, 0.4) is 0 Å². The summed E-state index contributed by atoms with van der Waals surface area (Å²) in [6, 6.07) is 19.4. The van der Waals surface area contributed by atoms with Crippen LogP contribution < -0.4 is 4.72 Å². The van der Waals surface area contributed by atoms with E-state index in [1.54, 1.807) is 55.6 Å². The Bertz CT molecular complexity index is 1410. The lowest BCUT2D eigenvalue weighted by atomic mass is 9.85. The highest BCUT2D eigenvalue weighted by Gasteiger charge is 2.37. The van der Waals surface area contributed by atoms with Gasteiger partial charge < -0.3 is 9.72 Å². The van der Waals surface area contributed by atoms with E-state index in [9.17, 15) is 13.2 Å². The number of carbonyl (C=O) groups is 1. The zero-order chi connectivity index (χ0) is 24.3. The summed E-state index contributed by atoms with van der Waals surface area (Å²) in [6.07, 6.45) is 1.79. The first-order valence-corrected chi connectivity index (χ1v) is 13.2. The highest BCUT2D eigenvalue weighted by atomic mass is 79.9. The molecule has 2 N–H and O–H groups in total. The molecule has 0 saturated carbocycles. The summed E-state index contributed by atoms with van der Waals surface area (Å²) in [5.74, 6) is -1.37. The van der Waals surface area contributed by atoms with Crippen LogP contribution in [-0.2, 0) is 19.6 Å². The molecule has 0 spiro atoms. The van der Waals surface area contributed by atoms with E-state index >= 15 is 0 Å². The van der Waals surface area contributed by atoms with E-state index in [1.165, 1.54) is 12.1 Å². The average Bonchev–Trinajstić information content (AvgIpc) is 3.23. The van der Waals surface area contributed by atoms with Crippen molar-refractivity contribution < 1.29 is 17.9 Å². The van der Waals surface area contributed by atoms with E-state index in [-0.39, 0.29) is 11.5 Å². The van der Waals surface area contributed by atoms with E-state index < -0.39 is 28.0 Å². The van der Waals surface area contributed by atoms with Gasteiger partial charge in [-0.1, -0.05) is 57.9 Å². The minimum Gasteiger partial charge on any atom is -0.465 e. The second-order valence-corrected chi connectivity index (χ2v) is 10.7. The van der Waals surface area contributed by atoms with Gasteiger partial charge in [-0.2, -0.15) is 4.72 Å². The first-order chi connectivity index (χ1) is 16.3. The number of ether oxygens (including phenoxy) is 1. The molecule has 6 nitrogen and oxygen atoms in total. The molecular formula is C25H22BrClN2O4S. The van der Waals surface area contributed by atoms with Crippen molar-refractivity contribution in [3.8, 4) is 0 Å². The Labute approximate surface area is 211 Å². The number of hydrogen-bond donors (Lipinski definition) is 2. The maximum atomic E-state index is 13.3. The topological polar surface area (TPSA) is 88.3 Å². The second-order valence-electron chi connectivity index (χ2n) is 7.63. The predicted molar refractivity (Wildman–Crippen MR) is 136 cm³/mol. The molecule has 0 amide bonds. The number of nitrogens with one attached hydrogen (secondary N) is 2. The van der Waals surface area contributed by atoms with Crippen LogP contribution in [0.25, 0.3) is 10.9 Å². The zero-order valence-corrected chi connectivity index (χ0v) is 21.3. The fourth-order valence-electron chi connectivity index (χ4n) is 3.91. The molecule has 0 radical (unpaired) electrons. The highest BCUT2D eigenvalue weighted by Crippen LogP contribution is 2.36. The van der Waals surface area contributed by atoms with Crippen molar-refractivity contribution in [1.82, 2.24) is 9.71 Å². The number of halogens is 2. The van der Waals surface area contributed by atoms with Crippen LogP contribution in [0.4, 0.5) is 0 Å². The average molecular weight is 562 g/mol. The van der Waals surface area contributed by atoms with Gasteiger partial charge in [0.05, 0.1) is 11.5 Å². The first-order valence-electron chi connectivity index (χ1n) is 10.6. The lowest BCUT2D eigenvalue weighted by Crippen LogP contribution is -2.46. The predicted octanol–water partition coefficient (Wildman–Crippen LogP) is 5.63. The van der Waals surface area contributed by atoms with Gasteiger partial charge in [-0.15, -0.1) is 0 Å². The normalized spacial score (nSPS) is 13.5. The summed E-state index contributed by atoms with van der Waals surface area (Å²) < 4.78 is 35.3. The number of fused-ring (bicyclic) bond motifs is 1. The molecule has 4 aromatic rings. The van der Waals surface area contributed by atoms with Gasteiger partial charge in [0.15, 0.2) is 0 Å². The van der Waals surface area contributed by atoms with Gasteiger partial charge in [0.1, 0.15) is 6.04 Å². The number of aromatic nitrogens is 1. The Morgan fingerprint density at radius 2 is 1.79 bits per heavy atom. The fourth-order valence-corrected chi connectivity index (χ4v) is 5.62. The maximum Gasteiger partial charge on any atom is 0.325 e. The fraction of sp³-hybridized carbons (Fsp3) is 0.160. The molecule has 0 aliphatic heterocycles. The third-order valence-corrected chi connectivity index (χ3v) is 7.65. The Balaban J connectivity index is 1.90. The minimum absolute atomic E-state index is 0.0563. The molecule has 0 bridgehead atoms. The summed E-state index contributed by atoms with van der Waals surface area (Å²) in [6.45, 7) is 1.79. The first kappa shape index (κ1) is 24.5. The van der Waals surface area contributed by atoms with E-state index in [1.807, 2.05) is 18.2 Å². The van der Waals surface area contributed by atoms with Crippen molar-refractivity contribution in [2.75, 3.05) is 6.61 Å². The van der Waals surface area contributed by atoms with E-state index in [0.717, 1.165) is 20.9 Å². The summed E-state index contributed by atoms with van der Waals surface area (Å²) in [5, 5.41) is 1.38. The molecule has 0 aliphatic carbocycles. The van der Waals surface area contributed by atoms with Crippen LogP contribution in [0.2, 0.25) is 5.02 Å². The molecule has 34 heavy (non-hydrogen) atoms. The number of rotatable bonds is 8. The van der Waals surface area contributed by atoms with E-state index in [4.69, 9.17) is 16.3 Å². The number of H-pyrrole nitrogens is 1. The number of hydrogen-bond acceptors (Lipinski definition) is 4. The van der Waals surface area contributed by atoms with Crippen molar-refractivity contribution in [3.05, 3.63) is 99.6 Å². The van der Waals surface area contributed by atoms with Crippen molar-refractivity contribution in [2.45, 2.75) is 23.8 Å². The Morgan fingerprint density at radius 3 is 2.47 bits per heavy atom. The molecule has 0 saturated heterocycles.